The van der Waals surface area contributed by atoms with E-state index in [0.717, 1.165) is 22.6 Å². The fourth-order valence-corrected chi connectivity index (χ4v) is 2.79. The second kappa shape index (κ2) is 4.17. The molecule has 0 unspecified atom stereocenters. The van der Waals surface area contributed by atoms with Crippen LogP contribution in [0.2, 0.25) is 0 Å². The SMILES string of the molecule is Cc1nc2ccc(C3(O)CCC(=O)CC3)cn2c1C. The Hall–Kier alpha value is -1.68. The van der Waals surface area contributed by atoms with Gasteiger partial charge in [0.2, 0.25) is 0 Å². The van der Waals surface area contributed by atoms with Crippen LogP contribution in [0.4, 0.5) is 0 Å². The molecule has 4 nitrogen and oxygen atoms in total. The van der Waals surface area contributed by atoms with E-state index in [1.807, 2.05) is 36.6 Å². The summed E-state index contributed by atoms with van der Waals surface area (Å²) in [6, 6.07) is 3.86. The molecule has 100 valence electrons. The summed E-state index contributed by atoms with van der Waals surface area (Å²) in [4.78, 5) is 15.8. The molecule has 0 atom stereocenters. The highest BCUT2D eigenvalue weighted by molar-refractivity contribution is 5.79. The van der Waals surface area contributed by atoms with Crippen LogP contribution in [0.25, 0.3) is 5.65 Å². The molecule has 0 radical (unpaired) electrons. The molecular formula is C15H18N2O2. The summed E-state index contributed by atoms with van der Waals surface area (Å²) in [6.45, 7) is 4.00. The molecular weight excluding hydrogens is 240 g/mol. The van der Waals surface area contributed by atoms with E-state index in [-0.39, 0.29) is 5.78 Å². The highest BCUT2D eigenvalue weighted by Crippen LogP contribution is 2.35. The van der Waals surface area contributed by atoms with Crippen molar-refractivity contribution in [2.75, 3.05) is 0 Å². The van der Waals surface area contributed by atoms with E-state index >= 15 is 0 Å². The minimum atomic E-state index is -0.868. The molecule has 0 amide bonds. The summed E-state index contributed by atoms with van der Waals surface area (Å²) >= 11 is 0. The Morgan fingerprint density at radius 2 is 1.95 bits per heavy atom. The number of fused-ring (bicyclic) bond motifs is 1. The molecule has 1 saturated carbocycles. The number of hydrogen-bond acceptors (Lipinski definition) is 3. The van der Waals surface area contributed by atoms with Gasteiger partial charge in [-0.3, -0.25) is 4.79 Å². The van der Waals surface area contributed by atoms with E-state index in [2.05, 4.69) is 4.98 Å². The van der Waals surface area contributed by atoms with Gasteiger partial charge in [-0.2, -0.15) is 0 Å². The normalized spacial score (nSPS) is 19.0. The zero-order chi connectivity index (χ0) is 13.6. The molecule has 0 bridgehead atoms. The lowest BCUT2D eigenvalue weighted by molar-refractivity contribution is -0.125. The Bertz CT molecular complexity index is 647. The molecule has 0 spiro atoms. The maximum Gasteiger partial charge on any atom is 0.137 e. The van der Waals surface area contributed by atoms with Crippen molar-refractivity contribution in [2.45, 2.75) is 45.1 Å². The number of carbonyl (C=O) groups excluding carboxylic acids is 1. The number of hydrogen-bond donors (Lipinski definition) is 1. The predicted molar refractivity (Wildman–Crippen MR) is 72.0 cm³/mol. The zero-order valence-electron chi connectivity index (χ0n) is 11.3. The summed E-state index contributed by atoms with van der Waals surface area (Å²) in [7, 11) is 0. The van der Waals surface area contributed by atoms with Crippen LogP contribution >= 0.6 is 0 Å². The second-order valence-corrected chi connectivity index (χ2v) is 5.50. The molecule has 4 heteroatoms. The molecule has 1 aliphatic carbocycles. The van der Waals surface area contributed by atoms with Gasteiger partial charge in [0.1, 0.15) is 11.4 Å². The Morgan fingerprint density at radius 1 is 1.26 bits per heavy atom. The van der Waals surface area contributed by atoms with Crippen LogP contribution in [0.1, 0.15) is 42.6 Å². The first-order chi connectivity index (χ1) is 8.99. The van der Waals surface area contributed by atoms with Gasteiger partial charge in [-0.05, 0) is 32.8 Å². The summed E-state index contributed by atoms with van der Waals surface area (Å²) in [5.41, 5.74) is 3.00. The monoisotopic (exact) mass is 258 g/mol. The van der Waals surface area contributed by atoms with Gasteiger partial charge in [0, 0.05) is 30.3 Å². The maximum atomic E-state index is 11.3. The Kier molecular flexibility index (Phi) is 2.71. The number of rotatable bonds is 1. The van der Waals surface area contributed by atoms with Gasteiger partial charge in [0.05, 0.1) is 11.3 Å². The number of Topliss-reactive ketones (excluding diaryl/α,β-unsaturated/α-hetero) is 1. The van der Waals surface area contributed by atoms with Crippen molar-refractivity contribution in [1.29, 1.82) is 0 Å². The van der Waals surface area contributed by atoms with Crippen LogP contribution in [0.5, 0.6) is 0 Å². The first-order valence-corrected chi connectivity index (χ1v) is 6.69. The lowest BCUT2D eigenvalue weighted by atomic mass is 9.80. The van der Waals surface area contributed by atoms with E-state index < -0.39 is 5.60 Å². The number of ketones is 1. The maximum absolute atomic E-state index is 11.3. The van der Waals surface area contributed by atoms with Crippen LogP contribution in [-0.4, -0.2) is 20.3 Å². The lowest BCUT2D eigenvalue weighted by Crippen LogP contribution is -2.31. The van der Waals surface area contributed by atoms with Gasteiger partial charge < -0.3 is 9.51 Å². The number of pyridine rings is 1. The highest BCUT2D eigenvalue weighted by atomic mass is 16.3. The van der Waals surface area contributed by atoms with E-state index in [1.165, 1.54) is 0 Å². The van der Waals surface area contributed by atoms with Gasteiger partial charge in [-0.1, -0.05) is 6.07 Å². The average Bonchev–Trinajstić information content (AvgIpc) is 2.69. The van der Waals surface area contributed by atoms with Gasteiger partial charge in [-0.15, -0.1) is 0 Å². The van der Waals surface area contributed by atoms with Crippen LogP contribution in [0.15, 0.2) is 18.3 Å². The van der Waals surface area contributed by atoms with Gasteiger partial charge in [0.25, 0.3) is 0 Å². The van der Waals surface area contributed by atoms with E-state index in [9.17, 15) is 9.90 Å². The summed E-state index contributed by atoms with van der Waals surface area (Å²) in [5.74, 6) is 0.250. The fraction of sp³-hybridized carbons (Fsp3) is 0.467. The number of aromatic nitrogens is 2. The summed E-state index contributed by atoms with van der Waals surface area (Å²) in [6.07, 6.45) is 3.93. The minimum Gasteiger partial charge on any atom is -0.385 e. The predicted octanol–water partition coefficient (Wildman–Crippen LogP) is 2.28. The molecule has 2 aromatic heterocycles. The average molecular weight is 258 g/mol. The van der Waals surface area contributed by atoms with Crippen molar-refractivity contribution in [3.63, 3.8) is 0 Å². The van der Waals surface area contributed by atoms with Crippen molar-refractivity contribution in [1.82, 2.24) is 9.38 Å². The second-order valence-electron chi connectivity index (χ2n) is 5.50. The molecule has 1 N–H and O–H groups in total. The Labute approximate surface area is 112 Å². The van der Waals surface area contributed by atoms with Gasteiger partial charge >= 0.3 is 0 Å². The quantitative estimate of drug-likeness (QED) is 0.853. The first-order valence-electron chi connectivity index (χ1n) is 6.69. The third kappa shape index (κ3) is 1.96. The molecule has 0 aliphatic heterocycles. The van der Waals surface area contributed by atoms with Crippen molar-refractivity contribution >= 4 is 11.4 Å². The highest BCUT2D eigenvalue weighted by Gasteiger charge is 2.34. The van der Waals surface area contributed by atoms with Crippen LogP contribution in [-0.2, 0) is 10.4 Å². The standard InChI is InChI=1S/C15H18N2O2/c1-10-11(2)17-9-12(3-4-14(17)16-10)15(19)7-5-13(18)6-8-15/h3-4,9,19H,5-8H2,1-2H3. The third-order valence-corrected chi connectivity index (χ3v) is 4.27. The molecule has 19 heavy (non-hydrogen) atoms. The topological polar surface area (TPSA) is 54.6 Å². The number of aliphatic hydroxyl groups is 1. The van der Waals surface area contributed by atoms with Crippen molar-refractivity contribution in [2.24, 2.45) is 0 Å². The number of nitrogens with zero attached hydrogens (tertiary/aromatic N) is 2. The Morgan fingerprint density at radius 3 is 2.63 bits per heavy atom. The summed E-state index contributed by atoms with van der Waals surface area (Å²) < 4.78 is 2.01. The first kappa shape index (κ1) is 12.4. The van der Waals surface area contributed by atoms with Crippen LogP contribution < -0.4 is 0 Å². The largest absolute Gasteiger partial charge is 0.385 e. The Balaban J connectivity index is 2.05. The van der Waals surface area contributed by atoms with Crippen molar-refractivity contribution in [3.8, 4) is 0 Å². The molecule has 2 heterocycles. The van der Waals surface area contributed by atoms with Crippen LogP contribution in [0.3, 0.4) is 0 Å². The zero-order valence-corrected chi connectivity index (χ0v) is 11.3. The van der Waals surface area contributed by atoms with E-state index in [1.54, 1.807) is 0 Å². The van der Waals surface area contributed by atoms with E-state index in [0.29, 0.717) is 25.7 Å². The third-order valence-electron chi connectivity index (χ3n) is 4.27. The fourth-order valence-electron chi connectivity index (χ4n) is 2.79. The molecule has 1 fully saturated rings. The van der Waals surface area contributed by atoms with Gasteiger partial charge in [-0.25, -0.2) is 4.98 Å². The molecule has 0 saturated heterocycles. The van der Waals surface area contributed by atoms with Crippen molar-refractivity contribution < 1.29 is 9.90 Å². The minimum absolute atomic E-state index is 0.250. The van der Waals surface area contributed by atoms with E-state index in [4.69, 9.17) is 0 Å². The molecule has 0 aromatic carbocycles. The number of imidazole rings is 1. The lowest BCUT2D eigenvalue weighted by Gasteiger charge is -2.31. The van der Waals surface area contributed by atoms with Crippen molar-refractivity contribution in [3.05, 3.63) is 35.3 Å². The smallest absolute Gasteiger partial charge is 0.137 e. The number of carbonyl (C=O) groups is 1. The molecule has 2 aromatic rings. The van der Waals surface area contributed by atoms with Gasteiger partial charge in [0.15, 0.2) is 0 Å². The van der Waals surface area contributed by atoms with Crippen LogP contribution in [0, 0.1) is 13.8 Å². The molecule has 1 aliphatic rings. The molecule has 3 rings (SSSR count). The number of aryl methyl sites for hydroxylation is 2. The summed E-state index contributed by atoms with van der Waals surface area (Å²) in [5, 5.41) is 10.7.